The van der Waals surface area contributed by atoms with E-state index in [0.717, 1.165) is 22.5 Å². The summed E-state index contributed by atoms with van der Waals surface area (Å²) in [5.41, 5.74) is 5.75. The first kappa shape index (κ1) is 13.2. The van der Waals surface area contributed by atoms with E-state index >= 15 is 0 Å². The van der Waals surface area contributed by atoms with Gasteiger partial charge in [0, 0.05) is 5.69 Å². The maximum Gasteiger partial charge on any atom is 0.132 e. The Kier molecular flexibility index (Phi) is 3.27. The minimum absolute atomic E-state index is 0.135. The van der Waals surface area contributed by atoms with Crippen molar-refractivity contribution in [2.24, 2.45) is 0 Å². The van der Waals surface area contributed by atoms with Gasteiger partial charge in [0.25, 0.3) is 0 Å². The number of nitrogens with zero attached hydrogens (tertiary/aromatic N) is 2. The van der Waals surface area contributed by atoms with Crippen molar-refractivity contribution in [1.82, 2.24) is 9.55 Å². The molecule has 102 valence electrons. The summed E-state index contributed by atoms with van der Waals surface area (Å²) in [6.07, 6.45) is 0. The van der Waals surface area contributed by atoms with Crippen LogP contribution < -0.4 is 0 Å². The lowest BCUT2D eigenvalue weighted by Gasteiger charge is -2.12. The van der Waals surface area contributed by atoms with Crippen molar-refractivity contribution >= 4 is 22.6 Å². The van der Waals surface area contributed by atoms with Crippen LogP contribution in [-0.2, 0) is 0 Å². The molecule has 0 amide bonds. The van der Waals surface area contributed by atoms with Gasteiger partial charge in [-0.2, -0.15) is 0 Å². The quantitative estimate of drug-likeness (QED) is 0.609. The summed E-state index contributed by atoms with van der Waals surface area (Å²) in [6, 6.07) is 14.6. The molecule has 0 bridgehead atoms. The molecular formula is C17H17ClN2. The molecule has 3 heteroatoms. The second-order valence-corrected chi connectivity index (χ2v) is 5.83. The molecule has 0 aliphatic carbocycles. The molecule has 20 heavy (non-hydrogen) atoms. The molecule has 1 atom stereocenters. The maximum atomic E-state index is 6.32. The highest BCUT2D eigenvalue weighted by atomic mass is 35.5. The SMILES string of the molecule is Cc1ccc(-n2c(C(C)Cl)nc3ccccc32)cc1C. The molecule has 2 aromatic carbocycles. The molecule has 2 nitrogen and oxygen atoms in total. The lowest BCUT2D eigenvalue weighted by atomic mass is 10.1. The molecule has 0 N–H and O–H groups in total. The second-order valence-electron chi connectivity index (χ2n) is 5.18. The minimum atomic E-state index is -0.135. The topological polar surface area (TPSA) is 17.8 Å². The summed E-state index contributed by atoms with van der Waals surface area (Å²) in [6.45, 7) is 6.21. The predicted octanol–water partition coefficient (Wildman–Crippen LogP) is 4.94. The van der Waals surface area contributed by atoms with Crippen molar-refractivity contribution in [3.05, 3.63) is 59.4 Å². The van der Waals surface area contributed by atoms with Gasteiger partial charge in [0.15, 0.2) is 0 Å². The van der Waals surface area contributed by atoms with Crippen molar-refractivity contribution in [3.63, 3.8) is 0 Å². The van der Waals surface area contributed by atoms with Gasteiger partial charge in [-0.25, -0.2) is 4.98 Å². The van der Waals surface area contributed by atoms with Crippen LogP contribution in [0.15, 0.2) is 42.5 Å². The summed E-state index contributed by atoms with van der Waals surface area (Å²) in [5.74, 6) is 0.885. The van der Waals surface area contributed by atoms with E-state index in [4.69, 9.17) is 11.6 Å². The zero-order valence-electron chi connectivity index (χ0n) is 11.9. The molecule has 1 heterocycles. The molecule has 3 rings (SSSR count). The largest absolute Gasteiger partial charge is 0.295 e. The van der Waals surface area contributed by atoms with Crippen LogP contribution in [0.3, 0.4) is 0 Å². The van der Waals surface area contributed by atoms with Crippen molar-refractivity contribution in [2.75, 3.05) is 0 Å². The van der Waals surface area contributed by atoms with E-state index in [1.54, 1.807) is 0 Å². The third kappa shape index (κ3) is 2.10. The lowest BCUT2D eigenvalue weighted by molar-refractivity contribution is 0.881. The van der Waals surface area contributed by atoms with Gasteiger partial charge in [0.05, 0.1) is 16.4 Å². The fourth-order valence-corrected chi connectivity index (χ4v) is 2.59. The number of rotatable bonds is 2. The highest BCUT2D eigenvalue weighted by Crippen LogP contribution is 2.28. The Bertz CT molecular complexity index is 772. The van der Waals surface area contributed by atoms with Crippen LogP contribution in [0.25, 0.3) is 16.7 Å². The highest BCUT2D eigenvalue weighted by molar-refractivity contribution is 6.20. The Labute approximate surface area is 124 Å². The van der Waals surface area contributed by atoms with Crippen LogP contribution in [0.4, 0.5) is 0 Å². The third-order valence-corrected chi connectivity index (χ3v) is 3.89. The predicted molar refractivity (Wildman–Crippen MR) is 84.8 cm³/mol. The monoisotopic (exact) mass is 284 g/mol. The Morgan fingerprint density at radius 3 is 2.50 bits per heavy atom. The van der Waals surface area contributed by atoms with E-state index in [2.05, 4.69) is 47.7 Å². The Morgan fingerprint density at radius 2 is 1.80 bits per heavy atom. The summed E-state index contributed by atoms with van der Waals surface area (Å²) in [5, 5.41) is -0.135. The van der Waals surface area contributed by atoms with E-state index in [9.17, 15) is 0 Å². The van der Waals surface area contributed by atoms with E-state index in [1.807, 2.05) is 25.1 Å². The van der Waals surface area contributed by atoms with Crippen molar-refractivity contribution in [2.45, 2.75) is 26.1 Å². The molecule has 0 aliphatic heterocycles. The van der Waals surface area contributed by atoms with Crippen LogP contribution in [0.2, 0.25) is 0 Å². The molecule has 0 aliphatic rings. The highest BCUT2D eigenvalue weighted by Gasteiger charge is 2.16. The number of aromatic nitrogens is 2. The minimum Gasteiger partial charge on any atom is -0.295 e. The molecule has 1 unspecified atom stereocenters. The van der Waals surface area contributed by atoms with Crippen LogP contribution >= 0.6 is 11.6 Å². The van der Waals surface area contributed by atoms with Crippen LogP contribution in [-0.4, -0.2) is 9.55 Å². The van der Waals surface area contributed by atoms with E-state index in [1.165, 1.54) is 11.1 Å². The van der Waals surface area contributed by atoms with E-state index < -0.39 is 0 Å². The smallest absolute Gasteiger partial charge is 0.132 e. The standard InChI is InChI=1S/C17H17ClN2/c1-11-8-9-14(10-12(11)2)20-16-7-5-4-6-15(16)19-17(20)13(3)18/h4-10,13H,1-3H3. The summed E-state index contributed by atoms with van der Waals surface area (Å²) in [7, 11) is 0. The van der Waals surface area contributed by atoms with Crippen molar-refractivity contribution < 1.29 is 0 Å². The van der Waals surface area contributed by atoms with Crippen LogP contribution in [0, 0.1) is 13.8 Å². The fraction of sp³-hybridized carbons (Fsp3) is 0.235. The van der Waals surface area contributed by atoms with Gasteiger partial charge in [-0.3, -0.25) is 4.57 Å². The molecule has 3 aromatic rings. The third-order valence-electron chi connectivity index (χ3n) is 3.69. The summed E-state index contributed by atoms with van der Waals surface area (Å²) in [4.78, 5) is 4.67. The first-order valence-corrected chi connectivity index (χ1v) is 7.20. The number of halogens is 1. The van der Waals surface area contributed by atoms with Gasteiger partial charge in [-0.1, -0.05) is 18.2 Å². The van der Waals surface area contributed by atoms with Gasteiger partial charge in [-0.05, 0) is 56.2 Å². The number of hydrogen-bond acceptors (Lipinski definition) is 1. The summed E-state index contributed by atoms with van der Waals surface area (Å²) >= 11 is 6.32. The van der Waals surface area contributed by atoms with Gasteiger partial charge in [0.2, 0.25) is 0 Å². The number of fused-ring (bicyclic) bond motifs is 1. The zero-order valence-corrected chi connectivity index (χ0v) is 12.6. The summed E-state index contributed by atoms with van der Waals surface area (Å²) < 4.78 is 2.15. The number of imidazole rings is 1. The number of alkyl halides is 1. The van der Waals surface area contributed by atoms with Gasteiger partial charge < -0.3 is 0 Å². The molecular weight excluding hydrogens is 268 g/mol. The van der Waals surface area contributed by atoms with E-state index in [-0.39, 0.29) is 5.38 Å². The van der Waals surface area contributed by atoms with Crippen molar-refractivity contribution in [1.29, 1.82) is 0 Å². The Hall–Kier alpha value is -1.80. The fourth-order valence-electron chi connectivity index (χ4n) is 2.45. The molecule has 0 saturated carbocycles. The number of benzene rings is 2. The molecule has 0 fully saturated rings. The molecule has 0 spiro atoms. The zero-order chi connectivity index (χ0) is 14.3. The first-order valence-electron chi connectivity index (χ1n) is 6.77. The number of aryl methyl sites for hydroxylation is 2. The number of para-hydroxylation sites is 2. The first-order chi connectivity index (χ1) is 9.58. The average molecular weight is 285 g/mol. The maximum absolute atomic E-state index is 6.32. The molecule has 0 radical (unpaired) electrons. The molecule has 0 saturated heterocycles. The van der Waals surface area contributed by atoms with Crippen molar-refractivity contribution in [3.8, 4) is 5.69 Å². The molecule has 1 aromatic heterocycles. The van der Waals surface area contributed by atoms with Crippen LogP contribution in [0.5, 0.6) is 0 Å². The van der Waals surface area contributed by atoms with Crippen LogP contribution in [0.1, 0.15) is 29.3 Å². The Morgan fingerprint density at radius 1 is 1.05 bits per heavy atom. The van der Waals surface area contributed by atoms with Gasteiger partial charge >= 0.3 is 0 Å². The Balaban J connectivity index is 2.33. The van der Waals surface area contributed by atoms with Gasteiger partial charge in [0.1, 0.15) is 5.82 Å². The average Bonchev–Trinajstić information content (AvgIpc) is 2.81. The lowest BCUT2D eigenvalue weighted by Crippen LogP contribution is -2.02. The normalized spacial score (nSPS) is 12.8. The van der Waals surface area contributed by atoms with Gasteiger partial charge in [-0.15, -0.1) is 11.6 Å². The second kappa shape index (κ2) is 4.95. The van der Waals surface area contributed by atoms with E-state index in [0.29, 0.717) is 0 Å². The number of hydrogen-bond donors (Lipinski definition) is 0.